The zero-order chi connectivity index (χ0) is 52.2. The minimum Gasteiger partial charge on any atom is -0.462 e. The molecular formula is C66H112O6. The monoisotopic (exact) mass is 1000 g/mol. The number of allylic oxidation sites excluding steroid dienone is 16. The normalized spacial score (nSPS) is 12.8. The zero-order valence-electron chi connectivity index (χ0n) is 47.2. The van der Waals surface area contributed by atoms with Gasteiger partial charge in [0.2, 0.25) is 0 Å². The smallest absolute Gasteiger partial charge is 0.306 e. The molecule has 0 aromatic carbocycles. The first-order valence-corrected chi connectivity index (χ1v) is 30.2. The molecule has 412 valence electrons. The van der Waals surface area contributed by atoms with Gasteiger partial charge in [0.05, 0.1) is 0 Å². The zero-order valence-corrected chi connectivity index (χ0v) is 47.2. The lowest BCUT2D eigenvalue weighted by atomic mass is 10.0. The van der Waals surface area contributed by atoms with E-state index in [9.17, 15) is 14.4 Å². The molecule has 0 N–H and O–H groups in total. The third-order valence-corrected chi connectivity index (χ3v) is 12.8. The van der Waals surface area contributed by atoms with Gasteiger partial charge in [0.1, 0.15) is 13.2 Å². The second-order valence-corrected chi connectivity index (χ2v) is 19.9. The van der Waals surface area contributed by atoms with E-state index in [1.54, 1.807) is 0 Å². The van der Waals surface area contributed by atoms with Gasteiger partial charge in [-0.15, -0.1) is 0 Å². The number of rotatable bonds is 54. The molecule has 0 aliphatic rings. The fourth-order valence-electron chi connectivity index (χ4n) is 8.30. The highest BCUT2D eigenvalue weighted by Crippen LogP contribution is 2.15. The summed E-state index contributed by atoms with van der Waals surface area (Å²) in [6.45, 7) is 6.45. The highest BCUT2D eigenvalue weighted by Gasteiger charge is 2.19. The molecule has 0 aromatic rings. The van der Waals surface area contributed by atoms with E-state index < -0.39 is 6.10 Å². The molecule has 0 radical (unpaired) electrons. The largest absolute Gasteiger partial charge is 0.462 e. The summed E-state index contributed by atoms with van der Waals surface area (Å²) in [5.41, 5.74) is 0. The van der Waals surface area contributed by atoms with Crippen LogP contribution in [0.25, 0.3) is 0 Å². The quantitative estimate of drug-likeness (QED) is 0.0261. The Balaban J connectivity index is 4.18. The molecule has 1 unspecified atom stereocenters. The molecule has 0 aromatic heterocycles. The van der Waals surface area contributed by atoms with Crippen LogP contribution in [-0.4, -0.2) is 37.2 Å². The van der Waals surface area contributed by atoms with Crippen LogP contribution in [0.3, 0.4) is 0 Å². The van der Waals surface area contributed by atoms with Gasteiger partial charge >= 0.3 is 17.9 Å². The summed E-state index contributed by atoms with van der Waals surface area (Å²) in [6.07, 6.45) is 80.1. The average Bonchev–Trinajstić information content (AvgIpc) is 3.38. The lowest BCUT2D eigenvalue weighted by Crippen LogP contribution is -2.30. The van der Waals surface area contributed by atoms with Crippen molar-refractivity contribution in [3.8, 4) is 0 Å². The molecule has 0 saturated carbocycles. The van der Waals surface area contributed by atoms with Crippen LogP contribution < -0.4 is 0 Å². The second-order valence-electron chi connectivity index (χ2n) is 19.9. The van der Waals surface area contributed by atoms with E-state index in [4.69, 9.17) is 14.2 Å². The summed E-state index contributed by atoms with van der Waals surface area (Å²) in [7, 11) is 0. The van der Waals surface area contributed by atoms with Gasteiger partial charge in [0, 0.05) is 19.3 Å². The average molecular weight is 1000 g/mol. The van der Waals surface area contributed by atoms with E-state index in [2.05, 4.69) is 118 Å². The van der Waals surface area contributed by atoms with Gasteiger partial charge in [0.15, 0.2) is 6.10 Å². The Morgan fingerprint density at radius 2 is 0.542 bits per heavy atom. The maximum Gasteiger partial charge on any atom is 0.306 e. The van der Waals surface area contributed by atoms with Crippen molar-refractivity contribution < 1.29 is 28.6 Å². The van der Waals surface area contributed by atoms with Crippen LogP contribution in [0.2, 0.25) is 0 Å². The Bertz CT molecular complexity index is 1430. The fourth-order valence-corrected chi connectivity index (χ4v) is 8.30. The molecule has 0 bridgehead atoms. The Labute approximate surface area is 445 Å². The molecule has 6 nitrogen and oxygen atoms in total. The highest BCUT2D eigenvalue weighted by atomic mass is 16.6. The molecule has 0 aliphatic heterocycles. The number of carbonyl (C=O) groups excluding carboxylic acids is 3. The van der Waals surface area contributed by atoms with Gasteiger partial charge in [-0.1, -0.05) is 259 Å². The van der Waals surface area contributed by atoms with Crippen molar-refractivity contribution in [2.45, 2.75) is 290 Å². The minimum atomic E-state index is -0.789. The molecular weight excluding hydrogens is 889 g/mol. The van der Waals surface area contributed by atoms with E-state index in [0.29, 0.717) is 19.3 Å². The van der Waals surface area contributed by atoms with Crippen molar-refractivity contribution in [3.05, 3.63) is 97.2 Å². The first kappa shape index (κ1) is 68.3. The van der Waals surface area contributed by atoms with Crippen LogP contribution >= 0.6 is 0 Å². The van der Waals surface area contributed by atoms with Crippen LogP contribution in [0.4, 0.5) is 0 Å². The van der Waals surface area contributed by atoms with E-state index in [0.717, 1.165) is 116 Å². The Morgan fingerprint density at radius 1 is 0.292 bits per heavy atom. The molecule has 0 amide bonds. The molecule has 1 atom stereocenters. The second kappa shape index (κ2) is 59.9. The van der Waals surface area contributed by atoms with E-state index in [1.165, 1.54) is 128 Å². The van der Waals surface area contributed by atoms with Gasteiger partial charge in [-0.2, -0.15) is 0 Å². The standard InChI is InChI=1S/C66H112O6/c1-4-7-10-13-16-18-20-22-24-26-28-30-32-33-35-36-38-40-42-44-46-48-50-53-56-59-65(68)71-62-63(61-70-64(67)58-55-52-15-12-9-6-3)72-66(69)60-57-54-51-49-47-45-43-41-39-37-34-31-29-27-25-23-21-19-17-14-11-8-5-2/h8,11,17,19-20,22-23,25-26,28-29,31,37,39,43,45,63H,4-7,9-10,12-16,18,21,24,27,30,32-36,38,40-42,44,46-62H2,1-3H3/b11-8-,19-17-,22-20-,25-23-,28-26-,31-29-,39-37-,45-43-. The maximum atomic E-state index is 12.8. The van der Waals surface area contributed by atoms with Crippen LogP contribution in [0.15, 0.2) is 97.2 Å². The molecule has 0 saturated heterocycles. The Hall–Kier alpha value is -3.67. The van der Waals surface area contributed by atoms with Crippen LogP contribution in [0, 0.1) is 0 Å². The number of hydrogen-bond donors (Lipinski definition) is 0. The summed E-state index contributed by atoms with van der Waals surface area (Å²) in [4.78, 5) is 37.9. The maximum absolute atomic E-state index is 12.8. The number of hydrogen-bond acceptors (Lipinski definition) is 6. The Kier molecular flexibility index (Phi) is 56.8. The Morgan fingerprint density at radius 3 is 0.847 bits per heavy atom. The van der Waals surface area contributed by atoms with Crippen molar-refractivity contribution in [1.29, 1.82) is 0 Å². The van der Waals surface area contributed by atoms with E-state index >= 15 is 0 Å². The molecule has 72 heavy (non-hydrogen) atoms. The first-order chi connectivity index (χ1) is 35.5. The number of carbonyl (C=O) groups is 3. The van der Waals surface area contributed by atoms with Gasteiger partial charge in [-0.05, 0) is 103 Å². The highest BCUT2D eigenvalue weighted by molar-refractivity contribution is 5.71. The molecule has 0 fully saturated rings. The number of esters is 3. The third-order valence-electron chi connectivity index (χ3n) is 12.8. The summed E-state index contributed by atoms with van der Waals surface area (Å²) < 4.78 is 16.8. The van der Waals surface area contributed by atoms with Crippen molar-refractivity contribution in [3.63, 3.8) is 0 Å². The topological polar surface area (TPSA) is 78.9 Å². The number of ether oxygens (including phenoxy) is 3. The summed E-state index contributed by atoms with van der Waals surface area (Å²) in [5, 5.41) is 0. The molecule has 0 heterocycles. The molecule has 6 heteroatoms. The van der Waals surface area contributed by atoms with Gasteiger partial charge in [-0.3, -0.25) is 14.4 Å². The predicted octanol–water partition coefficient (Wildman–Crippen LogP) is 20.5. The van der Waals surface area contributed by atoms with E-state index in [-0.39, 0.29) is 31.1 Å². The first-order valence-electron chi connectivity index (χ1n) is 30.2. The minimum absolute atomic E-state index is 0.0877. The molecule has 0 rings (SSSR count). The van der Waals surface area contributed by atoms with Crippen molar-refractivity contribution in [2.24, 2.45) is 0 Å². The third kappa shape index (κ3) is 57.2. The van der Waals surface area contributed by atoms with Gasteiger partial charge in [0.25, 0.3) is 0 Å². The fraction of sp³-hybridized carbons (Fsp3) is 0.712. The van der Waals surface area contributed by atoms with Crippen molar-refractivity contribution in [1.82, 2.24) is 0 Å². The number of unbranched alkanes of at least 4 members (excludes halogenated alkanes) is 27. The van der Waals surface area contributed by atoms with Crippen LogP contribution in [0.1, 0.15) is 284 Å². The van der Waals surface area contributed by atoms with Crippen molar-refractivity contribution in [2.75, 3.05) is 13.2 Å². The SMILES string of the molecule is CC/C=C\C/C=C\C/C=C\C/C=C\C/C=C\C/C=C\CCCCCCC(=O)OC(COC(=O)CCCCCCCC)COC(=O)CCCCCCCCCCCCCCC/C=C\C/C=C\CCCCCCC. The lowest BCUT2D eigenvalue weighted by Gasteiger charge is -2.18. The van der Waals surface area contributed by atoms with Gasteiger partial charge in [-0.25, -0.2) is 0 Å². The molecule has 0 aliphatic carbocycles. The van der Waals surface area contributed by atoms with E-state index in [1.807, 2.05) is 0 Å². The van der Waals surface area contributed by atoms with Crippen LogP contribution in [-0.2, 0) is 28.6 Å². The summed E-state index contributed by atoms with van der Waals surface area (Å²) >= 11 is 0. The summed E-state index contributed by atoms with van der Waals surface area (Å²) in [5.74, 6) is -0.919. The van der Waals surface area contributed by atoms with Crippen molar-refractivity contribution >= 4 is 17.9 Å². The lowest BCUT2D eigenvalue weighted by molar-refractivity contribution is -0.167. The predicted molar refractivity (Wildman–Crippen MR) is 311 cm³/mol. The van der Waals surface area contributed by atoms with Gasteiger partial charge < -0.3 is 14.2 Å². The summed E-state index contributed by atoms with van der Waals surface area (Å²) in [6, 6.07) is 0. The molecule has 0 spiro atoms. The van der Waals surface area contributed by atoms with Crippen LogP contribution in [0.5, 0.6) is 0 Å².